The summed E-state index contributed by atoms with van der Waals surface area (Å²) >= 11 is 0. The van der Waals surface area contributed by atoms with Crippen LogP contribution in [0.5, 0.6) is 0 Å². The number of aryl methyl sites for hydroxylation is 1. The van der Waals surface area contributed by atoms with E-state index in [1.54, 1.807) is 0 Å². The van der Waals surface area contributed by atoms with E-state index in [1.165, 1.54) is 37.8 Å². The van der Waals surface area contributed by atoms with Crippen LogP contribution in [0.3, 0.4) is 0 Å². The predicted molar refractivity (Wildman–Crippen MR) is 96.7 cm³/mol. The van der Waals surface area contributed by atoms with Gasteiger partial charge in [-0.05, 0) is 52.1 Å². The normalized spacial score (nSPS) is 19.6. The van der Waals surface area contributed by atoms with Crippen LogP contribution in [0.2, 0.25) is 0 Å². The number of rotatable bonds is 6. The van der Waals surface area contributed by atoms with E-state index in [2.05, 4.69) is 48.3 Å². The Hall–Kier alpha value is -1.35. The maximum absolute atomic E-state index is 12.6. The number of nitrogens with zero attached hydrogens (tertiary/aromatic N) is 1. The van der Waals surface area contributed by atoms with Crippen molar-refractivity contribution in [3.05, 3.63) is 35.4 Å². The largest absolute Gasteiger partial charge is 0.354 e. The maximum atomic E-state index is 12.6. The lowest BCUT2D eigenvalue weighted by Gasteiger charge is -2.35. The monoisotopic (exact) mass is 316 g/mol. The third kappa shape index (κ3) is 4.57. The first-order valence-corrected chi connectivity index (χ1v) is 9.04. The molecule has 1 N–H and O–H groups in total. The summed E-state index contributed by atoms with van der Waals surface area (Å²) in [6.07, 6.45) is 5.16. The molecule has 1 fully saturated rings. The van der Waals surface area contributed by atoms with Gasteiger partial charge in [0, 0.05) is 19.1 Å². The van der Waals surface area contributed by atoms with Crippen LogP contribution in [0.25, 0.3) is 0 Å². The molecule has 128 valence electrons. The van der Waals surface area contributed by atoms with E-state index in [-0.39, 0.29) is 5.91 Å². The standard InChI is InChI=1S/C20H32N2O/c1-5-18-8-6-7-14-22(18)15-13-21-19(23)20(3,4)17-11-9-16(2)10-12-17/h9-12,18H,5-8,13-15H2,1-4H3,(H,21,23). The summed E-state index contributed by atoms with van der Waals surface area (Å²) in [6, 6.07) is 8.97. The predicted octanol–water partition coefficient (Wildman–Crippen LogP) is 3.65. The molecule has 23 heavy (non-hydrogen) atoms. The summed E-state index contributed by atoms with van der Waals surface area (Å²) in [6.45, 7) is 11.2. The van der Waals surface area contributed by atoms with Crippen LogP contribution in [0.4, 0.5) is 0 Å². The number of nitrogens with one attached hydrogen (secondary N) is 1. The maximum Gasteiger partial charge on any atom is 0.230 e. The van der Waals surface area contributed by atoms with Gasteiger partial charge in [-0.15, -0.1) is 0 Å². The number of hydrogen-bond donors (Lipinski definition) is 1. The van der Waals surface area contributed by atoms with Gasteiger partial charge in [-0.25, -0.2) is 0 Å². The highest BCUT2D eigenvalue weighted by molar-refractivity contribution is 5.87. The minimum absolute atomic E-state index is 0.117. The topological polar surface area (TPSA) is 32.3 Å². The fourth-order valence-electron chi connectivity index (χ4n) is 3.45. The van der Waals surface area contributed by atoms with Gasteiger partial charge in [0.1, 0.15) is 0 Å². The van der Waals surface area contributed by atoms with Crippen LogP contribution in [0, 0.1) is 6.92 Å². The molecule has 0 bridgehead atoms. The number of piperidine rings is 1. The Balaban J connectivity index is 1.87. The molecule has 3 heteroatoms. The number of carbonyl (C=O) groups excluding carboxylic acids is 1. The van der Waals surface area contributed by atoms with Crippen LogP contribution < -0.4 is 5.32 Å². The first-order chi connectivity index (χ1) is 10.9. The Morgan fingerprint density at radius 2 is 1.96 bits per heavy atom. The average Bonchev–Trinajstić information content (AvgIpc) is 2.55. The van der Waals surface area contributed by atoms with Gasteiger partial charge in [0.15, 0.2) is 0 Å². The number of amides is 1. The third-order valence-corrected chi connectivity index (χ3v) is 5.25. The first kappa shape index (κ1) is 18.0. The molecular formula is C20H32N2O. The molecule has 0 radical (unpaired) electrons. The number of likely N-dealkylation sites (tertiary alicyclic amines) is 1. The zero-order chi connectivity index (χ0) is 16.9. The molecule has 1 atom stereocenters. The van der Waals surface area contributed by atoms with Gasteiger partial charge in [-0.1, -0.05) is 43.2 Å². The van der Waals surface area contributed by atoms with E-state index in [0.29, 0.717) is 6.04 Å². The fourth-order valence-corrected chi connectivity index (χ4v) is 3.45. The molecule has 1 aliphatic rings. The van der Waals surface area contributed by atoms with E-state index in [1.807, 2.05) is 13.8 Å². The second kappa shape index (κ2) is 7.96. The summed E-state index contributed by atoms with van der Waals surface area (Å²) in [5, 5.41) is 3.15. The van der Waals surface area contributed by atoms with E-state index < -0.39 is 5.41 Å². The van der Waals surface area contributed by atoms with Crippen molar-refractivity contribution in [2.75, 3.05) is 19.6 Å². The van der Waals surface area contributed by atoms with Gasteiger partial charge >= 0.3 is 0 Å². The van der Waals surface area contributed by atoms with E-state index in [0.717, 1.165) is 18.7 Å². The van der Waals surface area contributed by atoms with Gasteiger partial charge < -0.3 is 5.32 Å². The number of hydrogen-bond acceptors (Lipinski definition) is 2. The zero-order valence-corrected chi connectivity index (χ0v) is 15.2. The first-order valence-electron chi connectivity index (χ1n) is 9.04. The molecule has 0 aliphatic carbocycles. The van der Waals surface area contributed by atoms with E-state index in [4.69, 9.17) is 0 Å². The third-order valence-electron chi connectivity index (χ3n) is 5.25. The summed E-state index contributed by atoms with van der Waals surface area (Å²) in [5.74, 6) is 0.117. The SMILES string of the molecule is CCC1CCCCN1CCNC(=O)C(C)(C)c1ccc(C)cc1. The molecule has 0 saturated carbocycles. The molecule has 1 unspecified atom stereocenters. The molecule has 0 spiro atoms. The van der Waals surface area contributed by atoms with Gasteiger partial charge in [0.05, 0.1) is 5.41 Å². The van der Waals surface area contributed by atoms with Crippen LogP contribution in [0.1, 0.15) is 57.6 Å². The number of benzene rings is 1. The Bertz CT molecular complexity index is 507. The number of carbonyl (C=O) groups is 1. The van der Waals surface area contributed by atoms with Crippen molar-refractivity contribution in [1.29, 1.82) is 0 Å². The second-order valence-corrected chi connectivity index (χ2v) is 7.34. The van der Waals surface area contributed by atoms with Crippen molar-refractivity contribution < 1.29 is 4.79 Å². The summed E-state index contributed by atoms with van der Waals surface area (Å²) in [5.41, 5.74) is 1.81. The molecule has 1 amide bonds. The molecule has 1 aliphatic heterocycles. The van der Waals surface area contributed by atoms with Crippen LogP contribution in [-0.4, -0.2) is 36.5 Å². The molecular weight excluding hydrogens is 284 g/mol. The van der Waals surface area contributed by atoms with Crippen LogP contribution in [-0.2, 0) is 10.2 Å². The van der Waals surface area contributed by atoms with E-state index in [9.17, 15) is 4.79 Å². The van der Waals surface area contributed by atoms with Gasteiger partial charge in [-0.2, -0.15) is 0 Å². The highest BCUT2D eigenvalue weighted by atomic mass is 16.2. The Morgan fingerprint density at radius 3 is 2.61 bits per heavy atom. The van der Waals surface area contributed by atoms with Crippen molar-refractivity contribution in [3.8, 4) is 0 Å². The van der Waals surface area contributed by atoms with Gasteiger partial charge in [0.25, 0.3) is 0 Å². The molecule has 1 heterocycles. The van der Waals surface area contributed by atoms with E-state index >= 15 is 0 Å². The Kier molecular flexibility index (Phi) is 6.23. The molecule has 0 aromatic heterocycles. The molecule has 3 nitrogen and oxygen atoms in total. The van der Waals surface area contributed by atoms with Crippen molar-refractivity contribution in [1.82, 2.24) is 10.2 Å². The van der Waals surface area contributed by atoms with Gasteiger partial charge in [0.2, 0.25) is 5.91 Å². The molecule has 2 rings (SSSR count). The van der Waals surface area contributed by atoms with Crippen molar-refractivity contribution in [2.45, 2.75) is 64.8 Å². The van der Waals surface area contributed by atoms with Crippen molar-refractivity contribution in [3.63, 3.8) is 0 Å². The van der Waals surface area contributed by atoms with Crippen molar-refractivity contribution in [2.24, 2.45) is 0 Å². The second-order valence-electron chi connectivity index (χ2n) is 7.34. The summed E-state index contributed by atoms with van der Waals surface area (Å²) in [4.78, 5) is 15.2. The summed E-state index contributed by atoms with van der Waals surface area (Å²) in [7, 11) is 0. The minimum Gasteiger partial charge on any atom is -0.354 e. The highest BCUT2D eigenvalue weighted by Gasteiger charge is 2.29. The van der Waals surface area contributed by atoms with Gasteiger partial charge in [-0.3, -0.25) is 9.69 Å². The lowest BCUT2D eigenvalue weighted by molar-refractivity contribution is -0.125. The fraction of sp³-hybridized carbons (Fsp3) is 0.650. The Morgan fingerprint density at radius 1 is 1.26 bits per heavy atom. The quantitative estimate of drug-likeness (QED) is 0.869. The lowest BCUT2D eigenvalue weighted by atomic mass is 9.83. The summed E-state index contributed by atoms with van der Waals surface area (Å²) < 4.78 is 0. The molecule has 1 aromatic carbocycles. The van der Waals surface area contributed by atoms with Crippen LogP contribution in [0.15, 0.2) is 24.3 Å². The smallest absolute Gasteiger partial charge is 0.230 e. The molecule has 1 saturated heterocycles. The molecule has 1 aromatic rings. The Labute approximate surface area is 141 Å². The zero-order valence-electron chi connectivity index (χ0n) is 15.2. The highest BCUT2D eigenvalue weighted by Crippen LogP contribution is 2.24. The van der Waals surface area contributed by atoms with Crippen molar-refractivity contribution >= 4 is 5.91 Å². The average molecular weight is 316 g/mol. The minimum atomic E-state index is -0.486. The van der Waals surface area contributed by atoms with Crippen LogP contribution >= 0.6 is 0 Å². The lowest BCUT2D eigenvalue weighted by Crippen LogP contribution is -2.46.